The molecule has 4 atom stereocenters. The second kappa shape index (κ2) is 18.1. The van der Waals surface area contributed by atoms with Gasteiger partial charge < -0.3 is 37.1 Å². The Morgan fingerprint density at radius 2 is 1.30 bits per heavy atom. The number of rotatable bonds is 16. The number of benzene rings is 2. The van der Waals surface area contributed by atoms with Gasteiger partial charge in [0.2, 0.25) is 17.7 Å². The maximum Gasteiger partial charge on any atom is 0.279 e. The van der Waals surface area contributed by atoms with Crippen LogP contribution in [0, 0.1) is 5.92 Å². The number of hydrogen-bond donors (Lipinski definition) is 5. The Kier molecular flexibility index (Phi) is 14.3. The molecule has 44 heavy (non-hydrogen) atoms. The van der Waals surface area contributed by atoms with E-state index in [0.717, 1.165) is 11.1 Å². The molecule has 11 heteroatoms. The molecular weight excluding hydrogens is 560 g/mol. The molecule has 0 unspecified atom stereocenters. The SMILES string of the molecule is CC(C)C[C@@H](NC(=O)[C@@H](Cc1ccccc1)NC(=O)[C@H]([NH3+])Cc1ccccc1)C(=O)N[C@H](CCC[NH3+])C(=O)N1CCOCC1. The number of amides is 4. The molecule has 9 N–H and O–H groups in total. The molecule has 11 nitrogen and oxygen atoms in total. The van der Waals surface area contributed by atoms with Crippen molar-refractivity contribution in [2.45, 2.75) is 70.1 Å². The first kappa shape index (κ1) is 34.7. The Morgan fingerprint density at radius 1 is 0.773 bits per heavy atom. The van der Waals surface area contributed by atoms with Crippen molar-refractivity contribution in [2.24, 2.45) is 5.92 Å². The molecule has 240 valence electrons. The highest BCUT2D eigenvalue weighted by Gasteiger charge is 2.33. The van der Waals surface area contributed by atoms with Crippen molar-refractivity contribution < 1.29 is 35.4 Å². The van der Waals surface area contributed by atoms with Gasteiger partial charge in [0.05, 0.1) is 19.8 Å². The minimum atomic E-state index is -0.927. The number of carbonyl (C=O) groups is 4. The quantitative estimate of drug-likeness (QED) is 0.172. The van der Waals surface area contributed by atoms with Crippen LogP contribution in [0.4, 0.5) is 0 Å². The van der Waals surface area contributed by atoms with Gasteiger partial charge in [0.1, 0.15) is 18.1 Å². The van der Waals surface area contributed by atoms with Gasteiger partial charge in [0.25, 0.3) is 5.91 Å². The van der Waals surface area contributed by atoms with Crippen molar-refractivity contribution in [2.75, 3.05) is 32.8 Å². The topological polar surface area (TPSA) is 172 Å². The molecule has 4 amide bonds. The molecule has 2 aromatic carbocycles. The monoisotopic (exact) mass is 610 g/mol. The Bertz CT molecular complexity index is 1190. The van der Waals surface area contributed by atoms with Gasteiger partial charge in [0.15, 0.2) is 6.04 Å². The van der Waals surface area contributed by atoms with Gasteiger partial charge in [-0.3, -0.25) is 19.2 Å². The second-order valence-corrected chi connectivity index (χ2v) is 11.8. The van der Waals surface area contributed by atoms with Gasteiger partial charge in [-0.2, -0.15) is 0 Å². The number of nitrogens with zero attached hydrogens (tertiary/aromatic N) is 1. The average Bonchev–Trinajstić information content (AvgIpc) is 3.03. The largest absolute Gasteiger partial charge is 0.378 e. The summed E-state index contributed by atoms with van der Waals surface area (Å²) in [7, 11) is 0. The van der Waals surface area contributed by atoms with Crippen molar-refractivity contribution in [3.05, 3.63) is 71.8 Å². The van der Waals surface area contributed by atoms with E-state index >= 15 is 0 Å². The number of quaternary nitrogens is 2. The summed E-state index contributed by atoms with van der Waals surface area (Å²) >= 11 is 0. The number of ether oxygens (including phenoxy) is 1. The van der Waals surface area contributed by atoms with E-state index in [0.29, 0.717) is 58.5 Å². The van der Waals surface area contributed by atoms with Crippen LogP contribution in [0.1, 0.15) is 44.2 Å². The van der Waals surface area contributed by atoms with E-state index < -0.39 is 36.0 Å². The van der Waals surface area contributed by atoms with Gasteiger partial charge >= 0.3 is 0 Å². The molecule has 0 aliphatic carbocycles. The normalized spacial score (nSPS) is 16.0. The number of morpholine rings is 1. The molecule has 2 aromatic rings. The van der Waals surface area contributed by atoms with Crippen LogP contribution < -0.4 is 27.4 Å². The van der Waals surface area contributed by atoms with Gasteiger partial charge in [0, 0.05) is 25.9 Å². The smallest absolute Gasteiger partial charge is 0.279 e. The third kappa shape index (κ3) is 11.4. The van der Waals surface area contributed by atoms with Gasteiger partial charge in [-0.1, -0.05) is 74.5 Å². The first-order valence-corrected chi connectivity index (χ1v) is 15.7. The Balaban J connectivity index is 1.75. The molecule has 1 heterocycles. The minimum absolute atomic E-state index is 0.0801. The van der Waals surface area contributed by atoms with Crippen LogP contribution in [0.3, 0.4) is 0 Å². The van der Waals surface area contributed by atoms with Crippen LogP contribution in [-0.4, -0.2) is 85.5 Å². The molecule has 0 saturated carbocycles. The zero-order valence-electron chi connectivity index (χ0n) is 26.1. The molecule has 0 spiro atoms. The first-order valence-electron chi connectivity index (χ1n) is 15.7. The summed E-state index contributed by atoms with van der Waals surface area (Å²) in [5, 5.41) is 8.71. The zero-order valence-corrected chi connectivity index (χ0v) is 26.1. The lowest BCUT2D eigenvalue weighted by molar-refractivity contribution is -0.403. The fourth-order valence-corrected chi connectivity index (χ4v) is 5.20. The third-order valence-electron chi connectivity index (χ3n) is 7.63. The Labute approximate surface area is 260 Å². The number of hydrogen-bond acceptors (Lipinski definition) is 5. The molecule has 1 fully saturated rings. The maximum absolute atomic E-state index is 13.8. The van der Waals surface area contributed by atoms with Crippen molar-refractivity contribution in [3.63, 3.8) is 0 Å². The lowest BCUT2D eigenvalue weighted by atomic mass is 9.99. The molecule has 0 bridgehead atoms. The predicted octanol–water partition coefficient (Wildman–Crippen LogP) is -0.536. The van der Waals surface area contributed by atoms with E-state index in [9.17, 15) is 19.2 Å². The van der Waals surface area contributed by atoms with Crippen molar-refractivity contribution in [1.29, 1.82) is 0 Å². The standard InChI is InChI=1S/C33H48N6O5/c1-23(2)20-28(31(41)36-27(14-9-15-34)33(43)39-16-18-44-19-17-39)38-32(42)29(22-25-12-7-4-8-13-25)37-30(40)26(35)21-24-10-5-3-6-11-24/h3-8,10-13,23,26-29H,9,14-22,34-35H2,1-2H3,(H,36,41)(H,37,40)(H,38,42)/p+2/t26-,27-,28-,29-/m1/s1. The molecule has 1 aliphatic heterocycles. The molecule has 1 aliphatic rings. The van der Waals surface area contributed by atoms with Crippen molar-refractivity contribution >= 4 is 23.6 Å². The highest BCUT2D eigenvalue weighted by atomic mass is 16.5. The lowest BCUT2D eigenvalue weighted by Gasteiger charge is -2.32. The van der Waals surface area contributed by atoms with Crippen LogP contribution in [0.2, 0.25) is 0 Å². The summed E-state index contributed by atoms with van der Waals surface area (Å²) in [5.41, 5.74) is 9.76. The maximum atomic E-state index is 13.8. The summed E-state index contributed by atoms with van der Waals surface area (Å²) in [6.45, 7) is 6.43. The minimum Gasteiger partial charge on any atom is -0.378 e. The van der Waals surface area contributed by atoms with Gasteiger partial charge in [-0.25, -0.2) is 0 Å². The van der Waals surface area contributed by atoms with Crippen molar-refractivity contribution in [1.82, 2.24) is 20.9 Å². The average molecular weight is 611 g/mol. The summed E-state index contributed by atoms with van der Waals surface area (Å²) in [5.74, 6) is -1.31. The van der Waals surface area contributed by atoms with E-state index in [1.54, 1.807) is 4.90 Å². The third-order valence-corrected chi connectivity index (χ3v) is 7.63. The van der Waals surface area contributed by atoms with Crippen molar-refractivity contribution in [3.8, 4) is 0 Å². The molecular formula is C33H50N6O5+2. The van der Waals surface area contributed by atoms with Gasteiger partial charge in [-0.15, -0.1) is 0 Å². The first-order chi connectivity index (χ1) is 21.2. The van der Waals surface area contributed by atoms with Gasteiger partial charge in [-0.05, 0) is 36.3 Å². The van der Waals surface area contributed by atoms with Crippen LogP contribution in [0.5, 0.6) is 0 Å². The molecule has 0 aromatic heterocycles. The van der Waals surface area contributed by atoms with E-state index in [2.05, 4.69) is 27.4 Å². The highest BCUT2D eigenvalue weighted by Crippen LogP contribution is 2.11. The van der Waals surface area contributed by atoms with Crippen LogP contribution in [0.25, 0.3) is 0 Å². The lowest BCUT2D eigenvalue weighted by Crippen LogP contribution is -2.70. The molecule has 1 saturated heterocycles. The summed E-state index contributed by atoms with van der Waals surface area (Å²) < 4.78 is 5.38. The van der Waals surface area contributed by atoms with Crippen LogP contribution in [0.15, 0.2) is 60.7 Å². The molecule has 0 radical (unpaired) electrons. The Hall–Kier alpha value is -3.80. The van der Waals surface area contributed by atoms with E-state index in [1.807, 2.05) is 74.5 Å². The van der Waals surface area contributed by atoms with E-state index in [-0.39, 0.29) is 24.2 Å². The Morgan fingerprint density at radius 3 is 1.86 bits per heavy atom. The number of carbonyl (C=O) groups excluding carboxylic acids is 4. The predicted molar refractivity (Wildman–Crippen MR) is 167 cm³/mol. The van der Waals surface area contributed by atoms with Crippen LogP contribution >= 0.6 is 0 Å². The van der Waals surface area contributed by atoms with E-state index in [4.69, 9.17) is 4.74 Å². The second-order valence-electron chi connectivity index (χ2n) is 11.8. The van der Waals surface area contributed by atoms with E-state index in [1.165, 1.54) is 0 Å². The fraction of sp³-hybridized carbons (Fsp3) is 0.515. The summed E-state index contributed by atoms with van der Waals surface area (Å²) in [4.78, 5) is 55.7. The zero-order chi connectivity index (χ0) is 31.9. The van der Waals surface area contributed by atoms with Crippen LogP contribution in [-0.2, 0) is 36.8 Å². The molecule has 3 rings (SSSR count). The summed E-state index contributed by atoms with van der Waals surface area (Å²) in [6, 6.07) is 15.8. The summed E-state index contributed by atoms with van der Waals surface area (Å²) in [6.07, 6.45) is 2.16. The highest BCUT2D eigenvalue weighted by molar-refractivity contribution is 5.94. The number of nitrogens with one attached hydrogen (secondary N) is 3. The fourth-order valence-electron chi connectivity index (χ4n) is 5.20.